The SMILES string of the molecule is COc1ccc(C(NC(=O)c2cnc(C)cn2)C(C)C)cc1. The normalized spacial score (nSPS) is 12.0. The molecule has 0 bridgehead atoms. The van der Waals surface area contributed by atoms with Crippen molar-refractivity contribution in [3.63, 3.8) is 0 Å². The third kappa shape index (κ3) is 3.81. The summed E-state index contributed by atoms with van der Waals surface area (Å²) in [5.41, 5.74) is 2.14. The molecule has 0 radical (unpaired) electrons. The minimum Gasteiger partial charge on any atom is -0.497 e. The lowest BCUT2D eigenvalue weighted by molar-refractivity contribution is 0.0920. The molecule has 1 N–H and O–H groups in total. The Hall–Kier alpha value is -2.43. The fourth-order valence-electron chi connectivity index (χ4n) is 2.17. The first-order valence-corrected chi connectivity index (χ1v) is 7.24. The van der Waals surface area contributed by atoms with Gasteiger partial charge in [0.1, 0.15) is 11.4 Å². The molecule has 0 aliphatic rings. The summed E-state index contributed by atoms with van der Waals surface area (Å²) in [4.78, 5) is 20.6. The molecule has 2 aromatic rings. The van der Waals surface area contributed by atoms with E-state index in [0.717, 1.165) is 17.0 Å². The molecule has 1 amide bonds. The summed E-state index contributed by atoms with van der Waals surface area (Å²) in [6.45, 7) is 5.97. The minimum atomic E-state index is -0.220. The number of amides is 1. The molecule has 22 heavy (non-hydrogen) atoms. The maximum absolute atomic E-state index is 12.3. The number of hydrogen-bond acceptors (Lipinski definition) is 4. The van der Waals surface area contributed by atoms with Crippen LogP contribution in [-0.2, 0) is 0 Å². The van der Waals surface area contributed by atoms with Crippen molar-refractivity contribution in [2.75, 3.05) is 7.11 Å². The second-order valence-electron chi connectivity index (χ2n) is 5.51. The lowest BCUT2D eigenvalue weighted by atomic mass is 9.96. The van der Waals surface area contributed by atoms with Gasteiger partial charge in [-0.1, -0.05) is 26.0 Å². The Balaban J connectivity index is 2.17. The number of hydrogen-bond donors (Lipinski definition) is 1. The Labute approximate surface area is 130 Å². The standard InChI is InChI=1S/C17H21N3O2/c1-11(2)16(13-5-7-14(22-4)8-6-13)20-17(21)15-10-18-12(3)9-19-15/h5-11,16H,1-4H3,(H,20,21). The lowest BCUT2D eigenvalue weighted by Gasteiger charge is -2.23. The van der Waals surface area contributed by atoms with E-state index in [9.17, 15) is 4.79 Å². The van der Waals surface area contributed by atoms with Gasteiger partial charge in [-0.15, -0.1) is 0 Å². The average molecular weight is 299 g/mol. The molecule has 1 atom stereocenters. The van der Waals surface area contributed by atoms with Gasteiger partial charge in [0.15, 0.2) is 0 Å². The molecular formula is C17H21N3O2. The number of nitrogens with one attached hydrogen (secondary N) is 1. The average Bonchev–Trinajstić information content (AvgIpc) is 2.53. The van der Waals surface area contributed by atoms with Crippen LogP contribution in [0.1, 0.15) is 41.6 Å². The minimum absolute atomic E-state index is 0.0958. The van der Waals surface area contributed by atoms with Crippen LogP contribution in [0.15, 0.2) is 36.7 Å². The summed E-state index contributed by atoms with van der Waals surface area (Å²) in [5, 5.41) is 3.02. The van der Waals surface area contributed by atoms with Gasteiger partial charge in [0.05, 0.1) is 25.0 Å². The van der Waals surface area contributed by atoms with Crippen LogP contribution in [0.4, 0.5) is 0 Å². The fraction of sp³-hybridized carbons (Fsp3) is 0.353. The first-order valence-electron chi connectivity index (χ1n) is 7.24. The van der Waals surface area contributed by atoms with E-state index in [1.165, 1.54) is 6.20 Å². The van der Waals surface area contributed by atoms with E-state index in [4.69, 9.17) is 4.74 Å². The zero-order chi connectivity index (χ0) is 16.1. The van der Waals surface area contributed by atoms with Gasteiger partial charge >= 0.3 is 0 Å². The Kier molecular flexibility index (Phi) is 5.09. The van der Waals surface area contributed by atoms with Gasteiger partial charge in [-0.3, -0.25) is 9.78 Å². The smallest absolute Gasteiger partial charge is 0.271 e. The van der Waals surface area contributed by atoms with E-state index in [1.54, 1.807) is 13.3 Å². The van der Waals surface area contributed by atoms with Gasteiger partial charge in [-0.05, 0) is 30.5 Å². The van der Waals surface area contributed by atoms with Crippen LogP contribution in [0.3, 0.4) is 0 Å². The molecule has 1 aromatic carbocycles. The number of aryl methyl sites for hydroxylation is 1. The molecule has 0 aliphatic heterocycles. The Morgan fingerprint density at radius 1 is 1.14 bits per heavy atom. The van der Waals surface area contributed by atoms with E-state index < -0.39 is 0 Å². The second-order valence-corrected chi connectivity index (χ2v) is 5.51. The first kappa shape index (κ1) is 15.9. The molecule has 1 aromatic heterocycles. The molecule has 1 heterocycles. The van der Waals surface area contributed by atoms with Crippen LogP contribution in [0, 0.1) is 12.8 Å². The molecule has 5 heteroatoms. The third-order valence-electron chi connectivity index (χ3n) is 3.44. The Morgan fingerprint density at radius 2 is 1.82 bits per heavy atom. The first-order chi connectivity index (χ1) is 10.5. The van der Waals surface area contributed by atoms with Crippen molar-refractivity contribution < 1.29 is 9.53 Å². The van der Waals surface area contributed by atoms with Crippen LogP contribution < -0.4 is 10.1 Å². The van der Waals surface area contributed by atoms with Gasteiger partial charge in [0.2, 0.25) is 0 Å². The maximum atomic E-state index is 12.3. The number of aromatic nitrogens is 2. The highest BCUT2D eigenvalue weighted by atomic mass is 16.5. The third-order valence-corrected chi connectivity index (χ3v) is 3.44. The van der Waals surface area contributed by atoms with Gasteiger partial charge in [0.25, 0.3) is 5.91 Å². The number of carbonyl (C=O) groups excluding carboxylic acids is 1. The van der Waals surface area contributed by atoms with E-state index in [0.29, 0.717) is 5.69 Å². The number of methoxy groups -OCH3 is 1. The largest absolute Gasteiger partial charge is 0.497 e. The summed E-state index contributed by atoms with van der Waals surface area (Å²) >= 11 is 0. The summed E-state index contributed by atoms with van der Waals surface area (Å²) in [5.74, 6) is 0.819. The number of rotatable bonds is 5. The summed E-state index contributed by atoms with van der Waals surface area (Å²) in [6, 6.07) is 7.61. The van der Waals surface area contributed by atoms with Crippen molar-refractivity contribution in [2.24, 2.45) is 5.92 Å². The molecule has 0 saturated heterocycles. The zero-order valence-corrected chi connectivity index (χ0v) is 13.3. The van der Waals surface area contributed by atoms with Crippen molar-refractivity contribution >= 4 is 5.91 Å². The van der Waals surface area contributed by atoms with Crippen LogP contribution in [0.5, 0.6) is 5.75 Å². The molecule has 2 rings (SSSR count). The predicted octanol–water partition coefficient (Wildman–Crippen LogP) is 2.92. The second kappa shape index (κ2) is 7.02. The topological polar surface area (TPSA) is 64.1 Å². The highest BCUT2D eigenvalue weighted by Gasteiger charge is 2.20. The van der Waals surface area contributed by atoms with E-state index >= 15 is 0 Å². The molecule has 0 saturated carbocycles. The van der Waals surface area contributed by atoms with Crippen LogP contribution in [0.2, 0.25) is 0 Å². The molecule has 0 aliphatic carbocycles. The summed E-state index contributed by atoms with van der Waals surface area (Å²) < 4.78 is 5.17. The molecule has 0 fully saturated rings. The van der Waals surface area contributed by atoms with Gasteiger partial charge in [-0.25, -0.2) is 4.98 Å². The summed E-state index contributed by atoms with van der Waals surface area (Å²) in [6.07, 6.45) is 3.09. The van der Waals surface area contributed by atoms with Crippen LogP contribution >= 0.6 is 0 Å². The van der Waals surface area contributed by atoms with E-state index in [-0.39, 0.29) is 17.9 Å². The molecule has 5 nitrogen and oxygen atoms in total. The quantitative estimate of drug-likeness (QED) is 0.922. The van der Waals surface area contributed by atoms with Crippen LogP contribution in [0.25, 0.3) is 0 Å². The van der Waals surface area contributed by atoms with Crippen LogP contribution in [-0.4, -0.2) is 23.0 Å². The highest BCUT2D eigenvalue weighted by Crippen LogP contribution is 2.24. The monoisotopic (exact) mass is 299 g/mol. The van der Waals surface area contributed by atoms with Gasteiger partial charge in [-0.2, -0.15) is 0 Å². The van der Waals surface area contributed by atoms with Gasteiger partial charge in [0, 0.05) is 6.20 Å². The summed E-state index contributed by atoms with van der Waals surface area (Å²) in [7, 11) is 1.63. The van der Waals surface area contributed by atoms with Crippen molar-refractivity contribution in [1.29, 1.82) is 0 Å². The lowest BCUT2D eigenvalue weighted by Crippen LogP contribution is -2.32. The molecule has 116 valence electrons. The number of benzene rings is 1. The number of ether oxygens (including phenoxy) is 1. The van der Waals surface area contributed by atoms with Gasteiger partial charge < -0.3 is 10.1 Å². The molecule has 0 spiro atoms. The van der Waals surface area contributed by atoms with Crippen molar-refractivity contribution in [2.45, 2.75) is 26.8 Å². The van der Waals surface area contributed by atoms with Crippen molar-refractivity contribution in [3.05, 3.63) is 53.6 Å². The number of carbonyl (C=O) groups is 1. The maximum Gasteiger partial charge on any atom is 0.271 e. The zero-order valence-electron chi connectivity index (χ0n) is 13.3. The van der Waals surface area contributed by atoms with Crippen molar-refractivity contribution in [3.8, 4) is 5.75 Å². The Morgan fingerprint density at radius 3 is 2.32 bits per heavy atom. The Bertz CT molecular complexity index is 621. The molecular weight excluding hydrogens is 278 g/mol. The fourth-order valence-corrected chi connectivity index (χ4v) is 2.17. The number of nitrogens with zero attached hydrogens (tertiary/aromatic N) is 2. The van der Waals surface area contributed by atoms with E-state index in [2.05, 4.69) is 29.1 Å². The van der Waals surface area contributed by atoms with Crippen molar-refractivity contribution in [1.82, 2.24) is 15.3 Å². The predicted molar refractivity (Wildman–Crippen MR) is 84.8 cm³/mol. The molecule has 1 unspecified atom stereocenters. The highest BCUT2D eigenvalue weighted by molar-refractivity contribution is 5.92. The van der Waals surface area contributed by atoms with E-state index in [1.807, 2.05) is 31.2 Å².